The van der Waals surface area contributed by atoms with Crippen LogP contribution in [0.1, 0.15) is 25.7 Å². The molecule has 1 aliphatic carbocycles. The van der Waals surface area contributed by atoms with E-state index in [9.17, 15) is 0 Å². The van der Waals surface area contributed by atoms with Crippen molar-refractivity contribution in [2.45, 2.75) is 37.8 Å². The highest BCUT2D eigenvalue weighted by Gasteiger charge is 2.24. The summed E-state index contributed by atoms with van der Waals surface area (Å²) in [6.45, 7) is 0. The molecule has 0 aromatic carbocycles. The van der Waals surface area contributed by atoms with Gasteiger partial charge in [0.2, 0.25) is 5.88 Å². The monoisotopic (exact) mass is 301 g/mol. The molecule has 2 atom stereocenters. The molecule has 1 fully saturated rings. The Kier molecular flexibility index (Phi) is 4.17. The number of nitrogens with two attached hydrogens (primary N) is 1. The summed E-state index contributed by atoms with van der Waals surface area (Å²) in [6, 6.07) is 0.398. The number of aromatic nitrogens is 2. The maximum Gasteiger partial charge on any atom is 0.320 e. The minimum Gasteiger partial charge on any atom is -0.480 e. The zero-order chi connectivity index (χ0) is 12.3. The molecule has 17 heavy (non-hydrogen) atoms. The molecule has 6 heteroatoms. The minimum atomic E-state index is 0.00892. The number of methoxy groups -OCH3 is 1. The summed E-state index contributed by atoms with van der Waals surface area (Å²) in [4.78, 5) is 8.26. The first-order valence-electron chi connectivity index (χ1n) is 5.69. The van der Waals surface area contributed by atoms with Gasteiger partial charge in [-0.2, -0.15) is 4.98 Å². The molecule has 1 aromatic rings. The number of rotatable bonds is 3. The van der Waals surface area contributed by atoms with Crippen molar-refractivity contribution in [3.8, 4) is 11.9 Å². The molecule has 0 saturated heterocycles. The van der Waals surface area contributed by atoms with Crippen LogP contribution in [-0.2, 0) is 0 Å². The van der Waals surface area contributed by atoms with Crippen LogP contribution in [0.15, 0.2) is 10.7 Å². The van der Waals surface area contributed by atoms with Crippen LogP contribution in [-0.4, -0.2) is 29.2 Å². The molecule has 94 valence electrons. The van der Waals surface area contributed by atoms with E-state index in [-0.39, 0.29) is 12.1 Å². The highest BCUT2D eigenvalue weighted by molar-refractivity contribution is 9.10. The van der Waals surface area contributed by atoms with Gasteiger partial charge in [-0.05, 0) is 35.2 Å². The van der Waals surface area contributed by atoms with E-state index in [1.54, 1.807) is 13.3 Å². The predicted octanol–water partition coefficient (Wildman–Crippen LogP) is 1.90. The molecule has 1 aliphatic rings. The van der Waals surface area contributed by atoms with Crippen LogP contribution >= 0.6 is 15.9 Å². The molecule has 1 heterocycles. The zero-order valence-electron chi connectivity index (χ0n) is 9.73. The van der Waals surface area contributed by atoms with Crippen molar-refractivity contribution in [1.82, 2.24) is 9.97 Å². The third-order valence-electron chi connectivity index (χ3n) is 2.89. The summed E-state index contributed by atoms with van der Waals surface area (Å²) >= 11 is 3.30. The average Bonchev–Trinajstić information content (AvgIpc) is 2.34. The van der Waals surface area contributed by atoms with Gasteiger partial charge in [0.25, 0.3) is 0 Å². The van der Waals surface area contributed by atoms with Gasteiger partial charge in [0, 0.05) is 6.04 Å². The van der Waals surface area contributed by atoms with Gasteiger partial charge in [0.05, 0.1) is 17.8 Å². The van der Waals surface area contributed by atoms with Crippen LogP contribution in [0.5, 0.6) is 11.9 Å². The fourth-order valence-corrected chi connectivity index (χ4v) is 2.30. The standard InChI is InChI=1S/C11H16BrN3O2/c1-16-10-7(12)6-14-11(15-10)17-9-5-3-2-4-8(9)13/h6,8-9H,2-5,13H2,1H3. The summed E-state index contributed by atoms with van der Waals surface area (Å²) in [5, 5.41) is 0. The number of ether oxygens (including phenoxy) is 2. The molecule has 0 bridgehead atoms. The first-order valence-corrected chi connectivity index (χ1v) is 6.49. The van der Waals surface area contributed by atoms with E-state index < -0.39 is 0 Å². The van der Waals surface area contributed by atoms with E-state index in [0.717, 1.165) is 19.3 Å². The first kappa shape index (κ1) is 12.6. The fourth-order valence-electron chi connectivity index (χ4n) is 1.94. The topological polar surface area (TPSA) is 70.3 Å². The molecule has 2 rings (SSSR count). The normalized spacial score (nSPS) is 24.4. The molecule has 1 saturated carbocycles. The second-order valence-electron chi connectivity index (χ2n) is 4.11. The Hall–Kier alpha value is -0.880. The van der Waals surface area contributed by atoms with Gasteiger partial charge >= 0.3 is 6.01 Å². The molecule has 2 unspecified atom stereocenters. The van der Waals surface area contributed by atoms with Crippen molar-refractivity contribution in [1.29, 1.82) is 0 Å². The van der Waals surface area contributed by atoms with Crippen molar-refractivity contribution in [2.75, 3.05) is 7.11 Å². The SMILES string of the molecule is COc1nc(OC2CCCCC2N)ncc1Br. The Morgan fingerprint density at radius 1 is 1.41 bits per heavy atom. The van der Waals surface area contributed by atoms with Crippen LogP contribution in [0.4, 0.5) is 0 Å². The lowest BCUT2D eigenvalue weighted by atomic mass is 9.93. The van der Waals surface area contributed by atoms with Gasteiger partial charge in [-0.15, -0.1) is 0 Å². The van der Waals surface area contributed by atoms with Crippen molar-refractivity contribution < 1.29 is 9.47 Å². The van der Waals surface area contributed by atoms with Crippen LogP contribution in [0.25, 0.3) is 0 Å². The molecule has 5 nitrogen and oxygen atoms in total. The van der Waals surface area contributed by atoms with Crippen molar-refractivity contribution in [3.63, 3.8) is 0 Å². The number of nitrogens with zero attached hydrogens (tertiary/aromatic N) is 2. The number of hydrogen-bond acceptors (Lipinski definition) is 5. The Balaban J connectivity index is 2.07. The van der Waals surface area contributed by atoms with Crippen molar-refractivity contribution in [2.24, 2.45) is 5.73 Å². The van der Waals surface area contributed by atoms with Gasteiger partial charge in [0.15, 0.2) is 0 Å². The Morgan fingerprint density at radius 3 is 2.88 bits per heavy atom. The van der Waals surface area contributed by atoms with Crippen LogP contribution in [0.2, 0.25) is 0 Å². The van der Waals surface area contributed by atoms with E-state index in [2.05, 4.69) is 25.9 Å². The zero-order valence-corrected chi connectivity index (χ0v) is 11.3. The summed E-state index contributed by atoms with van der Waals surface area (Å²) in [5.41, 5.74) is 6.01. The molecule has 1 aromatic heterocycles. The van der Waals surface area contributed by atoms with E-state index in [4.69, 9.17) is 15.2 Å². The summed E-state index contributed by atoms with van der Waals surface area (Å²) in [7, 11) is 1.56. The lowest BCUT2D eigenvalue weighted by Crippen LogP contribution is -2.41. The van der Waals surface area contributed by atoms with Gasteiger partial charge in [-0.25, -0.2) is 4.98 Å². The molecule has 0 radical (unpaired) electrons. The number of halogens is 1. The molecule has 0 spiro atoms. The summed E-state index contributed by atoms with van der Waals surface area (Å²) in [6.07, 6.45) is 5.91. The minimum absolute atomic E-state index is 0.00892. The Labute approximate surface area is 109 Å². The number of hydrogen-bond donors (Lipinski definition) is 1. The molecule has 0 aliphatic heterocycles. The quantitative estimate of drug-likeness (QED) is 0.923. The van der Waals surface area contributed by atoms with Gasteiger partial charge in [-0.3, -0.25) is 0 Å². The van der Waals surface area contributed by atoms with Gasteiger partial charge in [-0.1, -0.05) is 6.42 Å². The third kappa shape index (κ3) is 3.07. The maximum absolute atomic E-state index is 6.01. The maximum atomic E-state index is 6.01. The summed E-state index contributed by atoms with van der Waals surface area (Å²) in [5.74, 6) is 0.472. The Bertz CT molecular complexity index is 389. The fraction of sp³-hybridized carbons (Fsp3) is 0.636. The van der Waals surface area contributed by atoms with Crippen LogP contribution in [0.3, 0.4) is 0 Å². The van der Waals surface area contributed by atoms with E-state index in [1.807, 2.05) is 0 Å². The third-order valence-corrected chi connectivity index (χ3v) is 3.44. The highest BCUT2D eigenvalue weighted by atomic mass is 79.9. The van der Waals surface area contributed by atoms with E-state index >= 15 is 0 Å². The largest absolute Gasteiger partial charge is 0.480 e. The molecular formula is C11H16BrN3O2. The molecule has 2 N–H and O–H groups in total. The van der Waals surface area contributed by atoms with Gasteiger partial charge in [0.1, 0.15) is 6.10 Å². The highest BCUT2D eigenvalue weighted by Crippen LogP contribution is 2.25. The Morgan fingerprint density at radius 2 is 2.18 bits per heavy atom. The molecule has 0 amide bonds. The van der Waals surface area contributed by atoms with Crippen molar-refractivity contribution in [3.05, 3.63) is 10.7 Å². The lowest BCUT2D eigenvalue weighted by Gasteiger charge is -2.28. The van der Waals surface area contributed by atoms with Crippen LogP contribution < -0.4 is 15.2 Å². The molecular weight excluding hydrogens is 286 g/mol. The smallest absolute Gasteiger partial charge is 0.320 e. The first-order chi connectivity index (χ1) is 8.20. The van der Waals surface area contributed by atoms with Gasteiger partial charge < -0.3 is 15.2 Å². The summed E-state index contributed by atoms with van der Waals surface area (Å²) < 4.78 is 11.5. The van der Waals surface area contributed by atoms with E-state index in [0.29, 0.717) is 16.4 Å². The van der Waals surface area contributed by atoms with E-state index in [1.165, 1.54) is 6.42 Å². The van der Waals surface area contributed by atoms with Crippen molar-refractivity contribution >= 4 is 15.9 Å². The predicted molar refractivity (Wildman–Crippen MR) is 67.1 cm³/mol. The lowest BCUT2D eigenvalue weighted by molar-refractivity contribution is 0.119. The second-order valence-corrected chi connectivity index (χ2v) is 4.97. The van der Waals surface area contributed by atoms with Crippen LogP contribution in [0, 0.1) is 0 Å². The second kappa shape index (κ2) is 5.64. The average molecular weight is 302 g/mol.